The van der Waals surface area contributed by atoms with Crippen molar-refractivity contribution < 1.29 is 24.2 Å². The molecule has 1 aliphatic heterocycles. The third kappa shape index (κ3) is 6.99. The number of ether oxygens (including phenoxy) is 2. The molecule has 0 bridgehead atoms. The van der Waals surface area contributed by atoms with Gasteiger partial charge in [0.25, 0.3) is 0 Å². The van der Waals surface area contributed by atoms with Gasteiger partial charge in [-0.2, -0.15) is 0 Å². The van der Waals surface area contributed by atoms with E-state index in [4.69, 9.17) is 9.47 Å². The number of nitrogens with zero attached hydrogens (tertiary/aromatic N) is 1. The highest BCUT2D eigenvalue weighted by molar-refractivity contribution is 7.99. The van der Waals surface area contributed by atoms with Crippen molar-refractivity contribution in [3.05, 3.63) is 0 Å². The number of hydrogen-bond donors (Lipinski definition) is 1. The van der Waals surface area contributed by atoms with Gasteiger partial charge in [0, 0.05) is 11.8 Å². The molecule has 0 aliphatic carbocycles. The van der Waals surface area contributed by atoms with Crippen molar-refractivity contribution in [3.63, 3.8) is 0 Å². The Morgan fingerprint density at radius 2 is 1.83 bits per heavy atom. The second kappa shape index (κ2) is 7.75. The van der Waals surface area contributed by atoms with E-state index in [1.54, 1.807) is 20.8 Å². The second-order valence-corrected chi connectivity index (χ2v) is 8.96. The monoisotopic (exact) mass is 347 g/mol. The molecule has 0 aromatic rings. The van der Waals surface area contributed by atoms with Crippen LogP contribution in [0.3, 0.4) is 0 Å². The largest absolute Gasteiger partial charge is 0.454 e. The van der Waals surface area contributed by atoms with Crippen LogP contribution in [0.15, 0.2) is 0 Å². The van der Waals surface area contributed by atoms with Gasteiger partial charge in [-0.1, -0.05) is 0 Å². The summed E-state index contributed by atoms with van der Waals surface area (Å²) in [5.41, 5.74) is -1.08. The van der Waals surface area contributed by atoms with Crippen LogP contribution in [0.25, 0.3) is 0 Å². The van der Waals surface area contributed by atoms with E-state index in [2.05, 4.69) is 0 Å². The predicted molar refractivity (Wildman–Crippen MR) is 90.2 cm³/mol. The Labute approximate surface area is 142 Å². The van der Waals surface area contributed by atoms with E-state index >= 15 is 0 Å². The maximum absolute atomic E-state index is 12.0. The quantitative estimate of drug-likeness (QED) is 0.625. The molecule has 1 heterocycles. The average Bonchev–Trinajstić information content (AvgIpc) is 2.37. The van der Waals surface area contributed by atoms with E-state index in [0.29, 0.717) is 13.0 Å². The maximum Gasteiger partial charge on any atom is 0.410 e. The molecule has 2 unspecified atom stereocenters. The summed E-state index contributed by atoms with van der Waals surface area (Å²) in [4.78, 5) is 25.2. The number of carbonyl (C=O) groups excluding carboxylic acids is 2. The molecule has 1 saturated heterocycles. The van der Waals surface area contributed by atoms with Gasteiger partial charge >= 0.3 is 12.1 Å². The Bertz CT molecular complexity index is 427. The van der Waals surface area contributed by atoms with Crippen molar-refractivity contribution in [2.45, 2.75) is 64.9 Å². The van der Waals surface area contributed by atoms with Crippen LogP contribution in [-0.4, -0.2) is 58.1 Å². The fourth-order valence-corrected chi connectivity index (χ4v) is 2.92. The second-order valence-electron chi connectivity index (χ2n) is 7.79. The van der Waals surface area contributed by atoms with Crippen LogP contribution in [0, 0.1) is 5.41 Å². The molecule has 7 heteroatoms. The Kier molecular flexibility index (Phi) is 6.77. The first kappa shape index (κ1) is 20.1. The molecule has 23 heavy (non-hydrogen) atoms. The number of likely N-dealkylation sites (tertiary alicyclic amines) is 1. The van der Waals surface area contributed by atoms with Crippen LogP contribution in [-0.2, 0) is 14.3 Å². The number of esters is 1. The van der Waals surface area contributed by atoms with Crippen molar-refractivity contribution in [1.82, 2.24) is 4.90 Å². The van der Waals surface area contributed by atoms with Gasteiger partial charge < -0.3 is 19.5 Å². The van der Waals surface area contributed by atoms with Gasteiger partial charge in [-0.25, -0.2) is 4.79 Å². The van der Waals surface area contributed by atoms with E-state index in [1.165, 1.54) is 16.7 Å². The highest BCUT2D eigenvalue weighted by Gasteiger charge is 2.33. The summed E-state index contributed by atoms with van der Waals surface area (Å²) in [6.07, 6.45) is -0.424. The first-order chi connectivity index (χ1) is 10.4. The number of hydrogen-bond acceptors (Lipinski definition) is 6. The minimum Gasteiger partial charge on any atom is -0.454 e. The molecule has 0 radical (unpaired) electrons. The van der Waals surface area contributed by atoms with Crippen molar-refractivity contribution >= 4 is 23.8 Å². The molecule has 1 amide bonds. The zero-order chi connectivity index (χ0) is 17.8. The van der Waals surface area contributed by atoms with E-state index < -0.39 is 23.2 Å². The average molecular weight is 347 g/mol. The molecule has 2 atom stereocenters. The molecule has 1 N–H and O–H groups in total. The Morgan fingerprint density at radius 1 is 1.22 bits per heavy atom. The SMILES string of the molecule is CC(C)(C)OC(=O)N1CCC(SCOC(=O)C(C)(C)C)C(O)C1. The molecular weight excluding hydrogens is 318 g/mol. The van der Waals surface area contributed by atoms with Crippen LogP contribution in [0.5, 0.6) is 0 Å². The van der Waals surface area contributed by atoms with Gasteiger partial charge in [0.15, 0.2) is 0 Å². The first-order valence-corrected chi connectivity index (χ1v) is 8.90. The van der Waals surface area contributed by atoms with Crippen LogP contribution < -0.4 is 0 Å². The Balaban J connectivity index is 2.39. The molecule has 0 aromatic heterocycles. The summed E-state index contributed by atoms with van der Waals surface area (Å²) in [5.74, 6) is -0.0461. The van der Waals surface area contributed by atoms with Gasteiger partial charge in [0.05, 0.1) is 18.1 Å². The summed E-state index contributed by atoms with van der Waals surface area (Å²) in [5, 5.41) is 10.1. The number of rotatable bonds is 3. The molecule has 0 spiro atoms. The van der Waals surface area contributed by atoms with Crippen LogP contribution in [0.2, 0.25) is 0 Å². The smallest absolute Gasteiger partial charge is 0.410 e. The first-order valence-electron chi connectivity index (χ1n) is 7.85. The normalized spacial score (nSPS) is 22.7. The number of carbonyl (C=O) groups is 2. The number of thioether (sulfide) groups is 1. The van der Waals surface area contributed by atoms with Crippen LogP contribution >= 0.6 is 11.8 Å². The van der Waals surface area contributed by atoms with Gasteiger partial charge in [-0.05, 0) is 48.0 Å². The summed E-state index contributed by atoms with van der Waals surface area (Å²) in [7, 11) is 0. The lowest BCUT2D eigenvalue weighted by Gasteiger charge is -2.36. The topological polar surface area (TPSA) is 76.1 Å². The predicted octanol–water partition coefficient (Wildman–Crippen LogP) is 2.64. The molecule has 6 nitrogen and oxygen atoms in total. The summed E-state index contributed by atoms with van der Waals surface area (Å²) >= 11 is 1.40. The molecule has 134 valence electrons. The third-order valence-electron chi connectivity index (χ3n) is 3.26. The van der Waals surface area contributed by atoms with Crippen molar-refractivity contribution in [2.24, 2.45) is 5.41 Å². The fourth-order valence-electron chi connectivity index (χ4n) is 1.99. The van der Waals surface area contributed by atoms with Gasteiger partial charge in [-0.3, -0.25) is 4.79 Å². The molecular formula is C16H29NO5S. The summed E-state index contributed by atoms with van der Waals surface area (Å²) in [6.45, 7) is 11.6. The molecule has 1 fully saturated rings. The standard InChI is InChI=1S/C16H29NO5S/c1-15(2,3)13(19)21-10-23-12-7-8-17(9-11(12)18)14(20)22-16(4,5)6/h11-12,18H,7-10H2,1-6H3. The zero-order valence-corrected chi connectivity index (χ0v) is 15.7. The fraction of sp³-hybridized carbons (Fsp3) is 0.875. The molecule has 1 rings (SSSR count). The molecule has 1 aliphatic rings. The van der Waals surface area contributed by atoms with E-state index in [1.807, 2.05) is 20.8 Å². The lowest BCUT2D eigenvalue weighted by atomic mass is 9.98. The van der Waals surface area contributed by atoms with Crippen LogP contribution in [0.1, 0.15) is 48.0 Å². The number of aliphatic hydroxyl groups excluding tert-OH is 1. The molecule has 0 saturated carbocycles. The minimum absolute atomic E-state index is 0.0542. The van der Waals surface area contributed by atoms with Crippen molar-refractivity contribution in [3.8, 4) is 0 Å². The summed E-state index contributed by atoms with van der Waals surface area (Å²) < 4.78 is 10.5. The van der Waals surface area contributed by atoms with E-state index in [9.17, 15) is 14.7 Å². The van der Waals surface area contributed by atoms with Crippen molar-refractivity contribution in [2.75, 3.05) is 19.0 Å². The highest BCUT2D eigenvalue weighted by Crippen LogP contribution is 2.26. The highest BCUT2D eigenvalue weighted by atomic mass is 32.2. The summed E-state index contributed by atoms with van der Waals surface area (Å²) in [6, 6.07) is 0. The number of piperidine rings is 1. The van der Waals surface area contributed by atoms with Gasteiger partial charge in [0.2, 0.25) is 0 Å². The molecule has 0 aromatic carbocycles. The lowest BCUT2D eigenvalue weighted by molar-refractivity contribution is -0.150. The minimum atomic E-state index is -0.658. The maximum atomic E-state index is 12.0. The third-order valence-corrected chi connectivity index (χ3v) is 4.49. The Morgan fingerprint density at radius 3 is 2.30 bits per heavy atom. The lowest BCUT2D eigenvalue weighted by Crippen LogP contribution is -2.49. The van der Waals surface area contributed by atoms with E-state index in [-0.39, 0.29) is 23.7 Å². The number of amides is 1. The van der Waals surface area contributed by atoms with E-state index in [0.717, 1.165) is 0 Å². The van der Waals surface area contributed by atoms with Gasteiger partial charge in [-0.15, -0.1) is 11.8 Å². The number of β-amino-alcohol motifs (C(OH)–C–C–N with tert-alkyl or cyclic N) is 1. The Hall–Kier alpha value is -0.950. The van der Waals surface area contributed by atoms with Gasteiger partial charge in [0.1, 0.15) is 11.5 Å². The van der Waals surface area contributed by atoms with Crippen LogP contribution in [0.4, 0.5) is 4.79 Å². The zero-order valence-electron chi connectivity index (χ0n) is 14.9. The number of aliphatic hydroxyl groups is 1. The van der Waals surface area contributed by atoms with Crippen molar-refractivity contribution in [1.29, 1.82) is 0 Å².